The molecule has 0 aliphatic heterocycles. The second-order valence-electron chi connectivity index (χ2n) is 5.85. The fourth-order valence-corrected chi connectivity index (χ4v) is 2.66. The number of benzene rings is 1. The molecular formula is C14H22N2O4S. The standard InChI is InChI=1S/C14H22N2O4S/c1-9(17)16-8-10-6-11(14(2,3)4)7-12(13(10)18)21(19,20)15-5/h6-7,15,18H,8H2,1-5H3,(H,16,17). The molecule has 1 rings (SSSR count). The van der Waals surface area contributed by atoms with Crippen LogP contribution >= 0.6 is 0 Å². The number of hydrogen-bond acceptors (Lipinski definition) is 4. The van der Waals surface area contributed by atoms with Crippen molar-refractivity contribution in [3.05, 3.63) is 23.3 Å². The molecule has 0 saturated heterocycles. The van der Waals surface area contributed by atoms with Gasteiger partial charge in [-0.1, -0.05) is 20.8 Å². The van der Waals surface area contributed by atoms with E-state index in [1.165, 1.54) is 20.0 Å². The molecule has 0 atom stereocenters. The van der Waals surface area contributed by atoms with Crippen LogP contribution in [-0.4, -0.2) is 26.5 Å². The molecule has 21 heavy (non-hydrogen) atoms. The lowest BCUT2D eigenvalue weighted by Crippen LogP contribution is -2.23. The Bertz CT molecular complexity index is 646. The number of aromatic hydroxyl groups is 1. The summed E-state index contributed by atoms with van der Waals surface area (Å²) < 4.78 is 26.3. The van der Waals surface area contributed by atoms with E-state index in [1.807, 2.05) is 20.8 Å². The first-order chi connectivity index (χ1) is 9.49. The van der Waals surface area contributed by atoms with Crippen LogP contribution in [0.15, 0.2) is 17.0 Å². The van der Waals surface area contributed by atoms with E-state index < -0.39 is 10.0 Å². The van der Waals surface area contributed by atoms with Crippen LogP contribution in [0, 0.1) is 0 Å². The van der Waals surface area contributed by atoms with E-state index >= 15 is 0 Å². The van der Waals surface area contributed by atoms with Crippen molar-refractivity contribution in [2.75, 3.05) is 7.05 Å². The highest BCUT2D eigenvalue weighted by Gasteiger charge is 2.24. The summed E-state index contributed by atoms with van der Waals surface area (Å²) in [5.74, 6) is -0.598. The maximum Gasteiger partial charge on any atom is 0.244 e. The maximum atomic E-state index is 12.0. The second kappa shape index (κ2) is 6.03. The van der Waals surface area contributed by atoms with Gasteiger partial charge in [0.15, 0.2) is 0 Å². The molecule has 0 aliphatic rings. The van der Waals surface area contributed by atoms with Gasteiger partial charge in [0.2, 0.25) is 15.9 Å². The molecule has 0 spiro atoms. The Morgan fingerprint density at radius 2 is 1.86 bits per heavy atom. The van der Waals surface area contributed by atoms with Crippen molar-refractivity contribution >= 4 is 15.9 Å². The molecule has 0 bridgehead atoms. The van der Waals surface area contributed by atoms with Gasteiger partial charge >= 0.3 is 0 Å². The highest BCUT2D eigenvalue weighted by molar-refractivity contribution is 7.89. The largest absolute Gasteiger partial charge is 0.506 e. The van der Waals surface area contributed by atoms with Gasteiger partial charge in [0.05, 0.1) is 0 Å². The number of carbonyl (C=O) groups is 1. The third-order valence-electron chi connectivity index (χ3n) is 3.11. The molecule has 0 fully saturated rings. The fraction of sp³-hybridized carbons (Fsp3) is 0.500. The highest BCUT2D eigenvalue weighted by Crippen LogP contribution is 2.33. The van der Waals surface area contributed by atoms with Crippen LogP contribution in [0.1, 0.15) is 38.8 Å². The van der Waals surface area contributed by atoms with Crippen molar-refractivity contribution in [1.82, 2.24) is 10.0 Å². The summed E-state index contributed by atoms with van der Waals surface area (Å²) in [4.78, 5) is 10.8. The van der Waals surface area contributed by atoms with Crippen LogP contribution in [-0.2, 0) is 26.8 Å². The number of hydrogen-bond donors (Lipinski definition) is 3. The lowest BCUT2D eigenvalue weighted by molar-refractivity contribution is -0.119. The molecule has 0 saturated carbocycles. The van der Waals surface area contributed by atoms with Gasteiger partial charge in [-0.15, -0.1) is 0 Å². The van der Waals surface area contributed by atoms with Crippen molar-refractivity contribution in [2.24, 2.45) is 0 Å². The van der Waals surface area contributed by atoms with Gasteiger partial charge in [-0.2, -0.15) is 0 Å². The predicted octanol–water partition coefficient (Wildman–Crippen LogP) is 1.23. The first kappa shape index (κ1) is 17.5. The lowest BCUT2D eigenvalue weighted by atomic mass is 9.86. The third-order valence-corrected chi connectivity index (χ3v) is 4.53. The Balaban J connectivity index is 3.50. The highest BCUT2D eigenvalue weighted by atomic mass is 32.2. The van der Waals surface area contributed by atoms with Crippen molar-refractivity contribution in [3.8, 4) is 5.75 Å². The smallest absolute Gasteiger partial charge is 0.244 e. The summed E-state index contributed by atoms with van der Waals surface area (Å²) in [7, 11) is -2.50. The van der Waals surface area contributed by atoms with Crippen LogP contribution in [0.5, 0.6) is 5.75 Å². The van der Waals surface area contributed by atoms with E-state index in [1.54, 1.807) is 6.07 Å². The molecule has 118 valence electrons. The van der Waals surface area contributed by atoms with Crippen LogP contribution in [0.25, 0.3) is 0 Å². The van der Waals surface area contributed by atoms with Gasteiger partial charge in [0, 0.05) is 19.0 Å². The van der Waals surface area contributed by atoms with Gasteiger partial charge in [-0.25, -0.2) is 13.1 Å². The molecule has 3 N–H and O–H groups in total. The van der Waals surface area contributed by atoms with Crippen LogP contribution in [0.2, 0.25) is 0 Å². The Labute approximate surface area is 125 Å². The number of amides is 1. The lowest BCUT2D eigenvalue weighted by Gasteiger charge is -2.22. The number of phenols is 1. The zero-order valence-electron chi connectivity index (χ0n) is 12.9. The van der Waals surface area contributed by atoms with Crippen molar-refractivity contribution in [2.45, 2.75) is 44.6 Å². The Hall–Kier alpha value is -1.60. The summed E-state index contributed by atoms with van der Waals surface area (Å²) in [5, 5.41) is 12.8. The summed E-state index contributed by atoms with van der Waals surface area (Å²) in [5.41, 5.74) is 0.831. The molecule has 7 heteroatoms. The zero-order valence-corrected chi connectivity index (χ0v) is 13.8. The van der Waals surface area contributed by atoms with Gasteiger partial charge in [-0.3, -0.25) is 4.79 Å². The normalized spacial score (nSPS) is 12.2. The SMILES string of the molecule is CNS(=O)(=O)c1cc(C(C)(C)C)cc(CNC(C)=O)c1O. The van der Waals surface area contributed by atoms with Crippen molar-refractivity contribution < 1.29 is 18.3 Å². The van der Waals surface area contributed by atoms with E-state index in [0.717, 1.165) is 5.56 Å². The number of nitrogens with one attached hydrogen (secondary N) is 2. The molecule has 1 aromatic carbocycles. The molecular weight excluding hydrogens is 292 g/mol. The van der Waals surface area contributed by atoms with E-state index in [2.05, 4.69) is 10.0 Å². The van der Waals surface area contributed by atoms with Crippen LogP contribution in [0.4, 0.5) is 0 Å². The topological polar surface area (TPSA) is 95.5 Å². The number of carbonyl (C=O) groups excluding carboxylic acids is 1. The first-order valence-electron chi connectivity index (χ1n) is 6.53. The van der Waals surface area contributed by atoms with E-state index in [4.69, 9.17) is 0 Å². The number of phenolic OH excluding ortho intramolecular Hbond substituents is 1. The molecule has 1 aromatic rings. The summed E-state index contributed by atoms with van der Waals surface area (Å²) in [6.45, 7) is 7.25. The van der Waals surface area contributed by atoms with Crippen LogP contribution in [0.3, 0.4) is 0 Å². The molecule has 0 radical (unpaired) electrons. The molecule has 6 nitrogen and oxygen atoms in total. The van der Waals surface area contributed by atoms with Gasteiger partial charge in [0.25, 0.3) is 0 Å². The number of sulfonamides is 1. The quantitative estimate of drug-likeness (QED) is 0.779. The maximum absolute atomic E-state index is 12.0. The molecule has 1 amide bonds. The van der Waals surface area contributed by atoms with E-state index in [-0.39, 0.29) is 28.5 Å². The van der Waals surface area contributed by atoms with E-state index in [9.17, 15) is 18.3 Å². The van der Waals surface area contributed by atoms with Crippen molar-refractivity contribution in [3.63, 3.8) is 0 Å². The first-order valence-corrected chi connectivity index (χ1v) is 8.01. The molecule has 0 heterocycles. The van der Waals surface area contributed by atoms with Crippen LogP contribution < -0.4 is 10.0 Å². The second-order valence-corrected chi connectivity index (χ2v) is 7.70. The average Bonchev–Trinajstić information content (AvgIpc) is 2.35. The monoisotopic (exact) mass is 314 g/mol. The van der Waals surface area contributed by atoms with Gasteiger partial charge < -0.3 is 10.4 Å². The average molecular weight is 314 g/mol. The summed E-state index contributed by atoms with van der Waals surface area (Å²) >= 11 is 0. The van der Waals surface area contributed by atoms with Crippen molar-refractivity contribution in [1.29, 1.82) is 0 Å². The molecule has 0 aliphatic carbocycles. The Kier molecular flexibility index (Phi) is 5.01. The molecule has 0 aromatic heterocycles. The fourth-order valence-electron chi connectivity index (χ4n) is 1.77. The summed E-state index contributed by atoms with van der Waals surface area (Å²) in [6, 6.07) is 3.17. The minimum atomic E-state index is -3.79. The van der Waals surface area contributed by atoms with Gasteiger partial charge in [0.1, 0.15) is 10.6 Å². The third kappa shape index (κ3) is 4.18. The Morgan fingerprint density at radius 3 is 2.29 bits per heavy atom. The minimum absolute atomic E-state index is 0.0668. The summed E-state index contributed by atoms with van der Waals surface area (Å²) in [6.07, 6.45) is 0. The zero-order chi connectivity index (χ0) is 16.4. The minimum Gasteiger partial charge on any atom is -0.506 e. The number of rotatable bonds is 4. The molecule has 0 unspecified atom stereocenters. The van der Waals surface area contributed by atoms with E-state index in [0.29, 0.717) is 5.56 Å². The van der Waals surface area contributed by atoms with Gasteiger partial charge in [-0.05, 0) is 30.2 Å². The predicted molar refractivity (Wildman–Crippen MR) is 80.6 cm³/mol. The Morgan fingerprint density at radius 1 is 1.29 bits per heavy atom.